The highest BCUT2D eigenvalue weighted by Crippen LogP contribution is 2.32. The number of benzene rings is 1. The molecule has 0 aromatic heterocycles. The number of aliphatic imine (C=N–C) groups is 1. The molecular formula is C17H27N3O. The van der Waals surface area contributed by atoms with Crippen molar-refractivity contribution in [3.8, 4) is 0 Å². The van der Waals surface area contributed by atoms with Crippen LogP contribution in [0.2, 0.25) is 0 Å². The van der Waals surface area contributed by atoms with Crippen molar-refractivity contribution in [1.29, 1.82) is 0 Å². The van der Waals surface area contributed by atoms with Crippen molar-refractivity contribution in [2.24, 2.45) is 10.7 Å². The molecule has 3 N–H and O–H groups in total. The van der Waals surface area contributed by atoms with E-state index in [0.717, 1.165) is 31.6 Å². The topological polar surface area (TPSA) is 59.6 Å². The van der Waals surface area contributed by atoms with Crippen LogP contribution in [0.5, 0.6) is 0 Å². The minimum Gasteiger partial charge on any atom is -0.373 e. The zero-order valence-electron chi connectivity index (χ0n) is 13.0. The Kier molecular flexibility index (Phi) is 6.05. The maximum absolute atomic E-state index is 6.13. The molecule has 1 aromatic rings. The van der Waals surface area contributed by atoms with E-state index < -0.39 is 0 Å². The third-order valence-electron chi connectivity index (χ3n) is 3.96. The summed E-state index contributed by atoms with van der Waals surface area (Å²) in [4.78, 5) is 4.53. The Bertz CT molecular complexity index is 439. The van der Waals surface area contributed by atoms with E-state index in [0.29, 0.717) is 12.5 Å². The molecule has 0 aliphatic heterocycles. The van der Waals surface area contributed by atoms with Crippen LogP contribution in [0.15, 0.2) is 35.3 Å². The van der Waals surface area contributed by atoms with Crippen LogP contribution in [0.1, 0.15) is 45.4 Å². The molecule has 1 aromatic carbocycles. The summed E-state index contributed by atoms with van der Waals surface area (Å²) < 4.78 is 6.13. The minimum absolute atomic E-state index is 0.1000. The van der Waals surface area contributed by atoms with E-state index in [1.165, 1.54) is 19.3 Å². The van der Waals surface area contributed by atoms with Crippen LogP contribution in [0.4, 0.5) is 5.69 Å². The third-order valence-corrected chi connectivity index (χ3v) is 3.96. The van der Waals surface area contributed by atoms with Gasteiger partial charge in [0.05, 0.1) is 12.1 Å². The zero-order chi connectivity index (χ0) is 15.0. The second-order valence-electron chi connectivity index (χ2n) is 5.78. The molecule has 1 aliphatic carbocycles. The summed E-state index contributed by atoms with van der Waals surface area (Å²) >= 11 is 0. The number of nitrogens with one attached hydrogen (secondary N) is 1. The van der Waals surface area contributed by atoms with E-state index in [1.807, 2.05) is 30.3 Å². The Hall–Kier alpha value is -1.55. The Labute approximate surface area is 127 Å². The summed E-state index contributed by atoms with van der Waals surface area (Å²) in [6.07, 6.45) is 6.99. The Morgan fingerprint density at radius 2 is 1.95 bits per heavy atom. The van der Waals surface area contributed by atoms with Gasteiger partial charge in [-0.3, -0.25) is 4.99 Å². The molecule has 0 unspecified atom stereocenters. The summed E-state index contributed by atoms with van der Waals surface area (Å²) in [5, 5.41) is 3.13. The molecule has 0 radical (unpaired) electrons. The zero-order valence-corrected chi connectivity index (χ0v) is 13.0. The van der Waals surface area contributed by atoms with Gasteiger partial charge in [0, 0.05) is 12.3 Å². The van der Waals surface area contributed by atoms with E-state index in [-0.39, 0.29) is 5.60 Å². The molecule has 0 amide bonds. The molecule has 21 heavy (non-hydrogen) atoms. The molecular weight excluding hydrogens is 262 g/mol. The maximum Gasteiger partial charge on any atom is 0.193 e. The van der Waals surface area contributed by atoms with Crippen LogP contribution < -0.4 is 11.1 Å². The first kappa shape index (κ1) is 15.8. The number of anilines is 1. The molecule has 4 heteroatoms. The van der Waals surface area contributed by atoms with Crippen LogP contribution >= 0.6 is 0 Å². The van der Waals surface area contributed by atoms with Crippen molar-refractivity contribution in [2.45, 2.75) is 51.0 Å². The van der Waals surface area contributed by atoms with Crippen molar-refractivity contribution >= 4 is 11.6 Å². The smallest absolute Gasteiger partial charge is 0.193 e. The van der Waals surface area contributed by atoms with Gasteiger partial charge in [-0.05, 0) is 31.4 Å². The molecule has 0 heterocycles. The van der Waals surface area contributed by atoms with Crippen molar-refractivity contribution in [3.05, 3.63) is 30.3 Å². The first-order valence-corrected chi connectivity index (χ1v) is 8.00. The number of hydrogen-bond acceptors (Lipinski definition) is 2. The molecule has 0 bridgehead atoms. The fourth-order valence-corrected chi connectivity index (χ4v) is 2.80. The summed E-state index contributed by atoms with van der Waals surface area (Å²) in [6, 6.07) is 9.89. The quantitative estimate of drug-likeness (QED) is 0.622. The molecule has 4 nitrogen and oxygen atoms in total. The van der Waals surface area contributed by atoms with Gasteiger partial charge >= 0.3 is 0 Å². The number of nitrogens with zero attached hydrogens (tertiary/aromatic N) is 1. The number of para-hydroxylation sites is 1. The predicted molar refractivity (Wildman–Crippen MR) is 88.6 cm³/mol. The molecule has 1 aliphatic rings. The third kappa shape index (κ3) is 5.05. The molecule has 0 spiro atoms. The number of guanidine groups is 1. The lowest BCUT2D eigenvalue weighted by molar-refractivity contribution is -0.0624. The second-order valence-corrected chi connectivity index (χ2v) is 5.78. The van der Waals surface area contributed by atoms with E-state index in [1.54, 1.807) is 0 Å². The summed E-state index contributed by atoms with van der Waals surface area (Å²) in [5.41, 5.74) is 6.86. The number of nitrogens with two attached hydrogens (primary N) is 1. The summed E-state index contributed by atoms with van der Waals surface area (Å²) in [6.45, 7) is 3.60. The van der Waals surface area contributed by atoms with Gasteiger partial charge in [-0.2, -0.15) is 0 Å². The molecule has 0 saturated heterocycles. The van der Waals surface area contributed by atoms with E-state index >= 15 is 0 Å². The van der Waals surface area contributed by atoms with E-state index in [4.69, 9.17) is 10.5 Å². The van der Waals surface area contributed by atoms with Gasteiger partial charge in [0.1, 0.15) is 0 Å². The van der Waals surface area contributed by atoms with Gasteiger partial charge in [0.25, 0.3) is 0 Å². The monoisotopic (exact) mass is 289 g/mol. The number of hydrogen-bond donors (Lipinski definition) is 2. The van der Waals surface area contributed by atoms with Crippen molar-refractivity contribution in [2.75, 3.05) is 18.5 Å². The number of ether oxygens (including phenoxy) is 1. The lowest BCUT2D eigenvalue weighted by atomic mass is 9.84. The van der Waals surface area contributed by atoms with Gasteiger partial charge in [0.15, 0.2) is 5.96 Å². The SMILES string of the molecule is CCCOC1(CN=C(N)Nc2ccccc2)CCCCC1. The van der Waals surface area contributed by atoms with Crippen LogP contribution in [0, 0.1) is 0 Å². The highest BCUT2D eigenvalue weighted by Gasteiger charge is 2.32. The summed E-state index contributed by atoms with van der Waals surface area (Å²) in [5.74, 6) is 0.464. The highest BCUT2D eigenvalue weighted by molar-refractivity contribution is 5.92. The maximum atomic E-state index is 6.13. The lowest BCUT2D eigenvalue weighted by Gasteiger charge is -2.36. The average molecular weight is 289 g/mol. The van der Waals surface area contributed by atoms with Crippen LogP contribution in [0.3, 0.4) is 0 Å². The Morgan fingerprint density at radius 1 is 1.24 bits per heavy atom. The first-order chi connectivity index (χ1) is 10.2. The van der Waals surface area contributed by atoms with Gasteiger partial charge in [-0.25, -0.2) is 0 Å². The Morgan fingerprint density at radius 3 is 2.62 bits per heavy atom. The van der Waals surface area contributed by atoms with Gasteiger partial charge < -0.3 is 15.8 Å². The van der Waals surface area contributed by atoms with Crippen molar-refractivity contribution in [1.82, 2.24) is 0 Å². The molecule has 1 saturated carbocycles. The fourth-order valence-electron chi connectivity index (χ4n) is 2.80. The van der Waals surface area contributed by atoms with Crippen LogP contribution in [-0.4, -0.2) is 24.7 Å². The standard InChI is InChI=1S/C17H27N3O/c1-2-13-21-17(11-7-4-8-12-17)14-19-16(18)20-15-9-5-3-6-10-15/h3,5-6,9-10H,2,4,7-8,11-14H2,1H3,(H3,18,19,20). The van der Waals surface area contributed by atoms with Gasteiger partial charge in [-0.15, -0.1) is 0 Å². The average Bonchev–Trinajstić information content (AvgIpc) is 2.53. The van der Waals surface area contributed by atoms with Crippen molar-refractivity contribution in [3.63, 3.8) is 0 Å². The predicted octanol–water partition coefficient (Wildman–Crippen LogP) is 3.54. The molecule has 2 rings (SSSR count). The minimum atomic E-state index is -0.1000. The van der Waals surface area contributed by atoms with Gasteiger partial charge in [0.2, 0.25) is 0 Å². The first-order valence-electron chi connectivity index (χ1n) is 8.00. The molecule has 116 valence electrons. The number of rotatable bonds is 6. The van der Waals surface area contributed by atoms with E-state index in [9.17, 15) is 0 Å². The normalized spacial score (nSPS) is 18.4. The van der Waals surface area contributed by atoms with E-state index in [2.05, 4.69) is 17.2 Å². The van der Waals surface area contributed by atoms with Gasteiger partial charge in [-0.1, -0.05) is 44.4 Å². The van der Waals surface area contributed by atoms with Crippen molar-refractivity contribution < 1.29 is 4.74 Å². The van der Waals surface area contributed by atoms with Crippen LogP contribution in [0.25, 0.3) is 0 Å². The fraction of sp³-hybridized carbons (Fsp3) is 0.588. The second kappa shape index (κ2) is 8.03. The summed E-state index contributed by atoms with van der Waals surface area (Å²) in [7, 11) is 0. The van der Waals surface area contributed by atoms with Crippen LogP contribution in [-0.2, 0) is 4.74 Å². The highest BCUT2D eigenvalue weighted by atomic mass is 16.5. The molecule has 0 atom stereocenters. The Balaban J connectivity index is 1.94. The molecule has 1 fully saturated rings. The lowest BCUT2D eigenvalue weighted by Crippen LogP contribution is -2.39. The largest absolute Gasteiger partial charge is 0.373 e.